The van der Waals surface area contributed by atoms with Crippen molar-refractivity contribution in [3.05, 3.63) is 29.8 Å². The molecule has 0 aliphatic rings. The van der Waals surface area contributed by atoms with Crippen molar-refractivity contribution in [3.8, 4) is 0 Å². The second-order valence-corrected chi connectivity index (χ2v) is 3.46. The van der Waals surface area contributed by atoms with Gasteiger partial charge in [0.25, 0.3) is 0 Å². The molecule has 1 rings (SSSR count). The first-order chi connectivity index (χ1) is 6.77. The average Bonchev–Trinajstić information content (AvgIpc) is 2.26. The molecule has 0 saturated carbocycles. The van der Waals surface area contributed by atoms with Gasteiger partial charge in [0, 0.05) is 32.4 Å². The molecule has 0 amide bonds. The molecule has 1 radical (unpaired) electrons. The zero-order chi connectivity index (χ0) is 10.4. The number of benzene rings is 1. The Morgan fingerprint density at radius 1 is 1.64 bits per heavy atom. The molecule has 0 saturated heterocycles. The first kappa shape index (κ1) is 12.0. The third kappa shape index (κ3) is 4.46. The van der Waals surface area contributed by atoms with Gasteiger partial charge < -0.3 is 16.4 Å². The standard InChI is InChI=1S/C9H10O2S2.V/c1-7(10)11-6-8-4-2-3-5-9(8)13-12;/h2-5,12H,6H2,1H3;/p-1/i1D;. The van der Waals surface area contributed by atoms with Crippen LogP contribution < -0.4 is 0 Å². The van der Waals surface area contributed by atoms with Gasteiger partial charge >= 0.3 is 5.97 Å². The van der Waals surface area contributed by atoms with Crippen LogP contribution in [-0.2, 0) is 46.4 Å². The van der Waals surface area contributed by atoms with Gasteiger partial charge in [-0.3, -0.25) is 15.6 Å². The van der Waals surface area contributed by atoms with Crippen molar-refractivity contribution in [2.75, 3.05) is 0 Å². The zero-order valence-corrected chi connectivity index (χ0v) is 10.3. The second-order valence-electron chi connectivity index (χ2n) is 2.35. The fraction of sp³-hybridized carbons (Fsp3) is 0.222. The van der Waals surface area contributed by atoms with Gasteiger partial charge in [-0.25, -0.2) is 0 Å². The zero-order valence-electron chi connectivity index (χ0n) is 8.30. The van der Waals surface area contributed by atoms with Crippen LogP contribution in [0.4, 0.5) is 0 Å². The molecule has 0 fully saturated rings. The fourth-order valence-corrected chi connectivity index (χ4v) is 1.72. The van der Waals surface area contributed by atoms with Gasteiger partial charge in [-0.15, -0.1) is 0 Å². The van der Waals surface area contributed by atoms with Gasteiger partial charge in [-0.2, -0.15) is 0 Å². The molecule has 0 aliphatic heterocycles. The first-order valence-corrected chi connectivity index (χ1v) is 5.34. The van der Waals surface area contributed by atoms with Gasteiger partial charge in [0.2, 0.25) is 0 Å². The molecule has 0 aromatic heterocycles. The monoisotopic (exact) mass is 265 g/mol. The molecule has 0 atom stereocenters. The fourth-order valence-electron chi connectivity index (χ4n) is 0.863. The number of esters is 1. The predicted molar refractivity (Wildman–Crippen MR) is 55.1 cm³/mol. The van der Waals surface area contributed by atoms with Gasteiger partial charge in [0.15, 0.2) is 0 Å². The molecule has 0 unspecified atom stereocenters. The van der Waals surface area contributed by atoms with Crippen LogP contribution in [0.3, 0.4) is 0 Å². The van der Waals surface area contributed by atoms with E-state index in [0.717, 1.165) is 10.5 Å². The van der Waals surface area contributed by atoms with Crippen LogP contribution in [-0.4, -0.2) is 5.97 Å². The Morgan fingerprint density at radius 3 is 3.00 bits per heavy atom. The second kappa shape index (κ2) is 7.29. The minimum atomic E-state index is -0.519. The van der Waals surface area contributed by atoms with Gasteiger partial charge in [-0.1, -0.05) is 24.3 Å². The summed E-state index contributed by atoms with van der Waals surface area (Å²) < 4.78 is 11.6. The molecule has 2 nitrogen and oxygen atoms in total. The van der Waals surface area contributed by atoms with E-state index in [2.05, 4.69) is 0 Å². The van der Waals surface area contributed by atoms with E-state index >= 15 is 0 Å². The Morgan fingerprint density at radius 2 is 2.36 bits per heavy atom. The largest absolute Gasteiger partial charge is 0.714 e. The Labute approximate surface area is 106 Å². The minimum absolute atomic E-state index is 0. The summed E-state index contributed by atoms with van der Waals surface area (Å²) in [6.07, 6.45) is 0. The molecular weight excluding hydrogens is 255 g/mol. The number of carbonyl (C=O) groups excluding carboxylic acids is 1. The third-order valence-corrected chi connectivity index (χ3v) is 2.57. The van der Waals surface area contributed by atoms with E-state index in [1.807, 2.05) is 24.3 Å². The van der Waals surface area contributed by atoms with Crippen LogP contribution in [0.15, 0.2) is 29.2 Å². The van der Waals surface area contributed by atoms with Crippen LogP contribution in [0.2, 0.25) is 0 Å². The van der Waals surface area contributed by atoms with Crippen LogP contribution in [0.25, 0.3) is 0 Å². The summed E-state index contributed by atoms with van der Waals surface area (Å²) in [5.74, 6) is -0.519. The van der Waals surface area contributed by atoms with Crippen molar-refractivity contribution < 1.29 is 29.5 Å². The molecule has 75 valence electrons. The van der Waals surface area contributed by atoms with Crippen molar-refractivity contribution in [1.82, 2.24) is 0 Å². The molecule has 0 spiro atoms. The molecule has 1 aromatic carbocycles. The molecule has 0 N–H and O–H groups in total. The molecule has 0 bridgehead atoms. The van der Waals surface area contributed by atoms with E-state index in [9.17, 15) is 4.79 Å². The van der Waals surface area contributed by atoms with Crippen LogP contribution in [0.5, 0.6) is 0 Å². The number of carbonyl (C=O) groups is 1. The van der Waals surface area contributed by atoms with E-state index in [-0.39, 0.29) is 32.1 Å². The topological polar surface area (TPSA) is 26.3 Å². The van der Waals surface area contributed by atoms with Gasteiger partial charge in [0.05, 0.1) is 0 Å². The summed E-state index contributed by atoms with van der Waals surface area (Å²) >= 11 is 4.85. The number of hydrogen-bond acceptors (Lipinski definition) is 4. The van der Waals surface area contributed by atoms with Crippen molar-refractivity contribution in [2.24, 2.45) is 0 Å². The van der Waals surface area contributed by atoms with E-state index in [0.29, 0.717) is 0 Å². The maximum atomic E-state index is 10.7. The van der Waals surface area contributed by atoms with Crippen molar-refractivity contribution in [2.45, 2.75) is 18.4 Å². The Bertz CT molecular complexity index is 323. The molecule has 1 aromatic rings. The molecule has 5 heteroatoms. The first-order valence-electron chi connectivity index (χ1n) is 4.31. The Balaban J connectivity index is 0.00000196. The SMILES string of the molecule is [2H]CC(=O)OCc1ccccc1S[S-].[V]. The maximum Gasteiger partial charge on any atom is 0.302 e. The van der Waals surface area contributed by atoms with E-state index < -0.39 is 5.97 Å². The maximum absolute atomic E-state index is 10.7. The summed E-state index contributed by atoms with van der Waals surface area (Å²) in [6.45, 7) is -0.152. The smallest absolute Gasteiger partial charge is 0.302 e. The predicted octanol–water partition coefficient (Wildman–Crippen LogP) is 2.30. The Kier molecular flexibility index (Phi) is 6.27. The average molecular weight is 265 g/mol. The van der Waals surface area contributed by atoms with Gasteiger partial charge in [-0.05, 0) is 4.90 Å². The van der Waals surface area contributed by atoms with E-state index in [4.69, 9.17) is 17.8 Å². The van der Waals surface area contributed by atoms with Crippen LogP contribution in [0, 0.1) is 0 Å². The summed E-state index contributed by atoms with van der Waals surface area (Å²) in [4.78, 5) is 11.7. The minimum Gasteiger partial charge on any atom is -0.714 e. The number of rotatable bonds is 3. The summed E-state index contributed by atoms with van der Waals surface area (Å²) in [7, 11) is 1.20. The molecule has 0 aliphatic carbocycles. The number of ether oxygens (including phenoxy) is 1. The molecule has 0 heterocycles. The summed E-state index contributed by atoms with van der Waals surface area (Å²) in [5, 5.41) is 0. The van der Waals surface area contributed by atoms with Crippen molar-refractivity contribution >= 4 is 28.4 Å². The number of hydrogen-bond donors (Lipinski definition) is 0. The van der Waals surface area contributed by atoms with Crippen molar-refractivity contribution in [3.63, 3.8) is 0 Å². The summed E-state index contributed by atoms with van der Waals surface area (Å²) in [5.41, 5.74) is 0.884. The summed E-state index contributed by atoms with van der Waals surface area (Å²) in [6, 6.07) is 7.47. The third-order valence-electron chi connectivity index (χ3n) is 1.45. The van der Waals surface area contributed by atoms with Gasteiger partial charge in [0.1, 0.15) is 6.61 Å². The van der Waals surface area contributed by atoms with Crippen LogP contribution >= 0.6 is 10.8 Å². The normalized spacial score (nSPS) is 9.93. The Hall–Kier alpha value is -0.0256. The van der Waals surface area contributed by atoms with Crippen molar-refractivity contribution in [1.29, 1.82) is 0 Å². The molecular formula is C9H9O2S2V-. The van der Waals surface area contributed by atoms with E-state index in [1.165, 1.54) is 10.8 Å². The quantitative estimate of drug-likeness (QED) is 0.476. The molecule has 14 heavy (non-hydrogen) atoms. The van der Waals surface area contributed by atoms with Crippen LogP contribution in [0.1, 0.15) is 13.8 Å². The van der Waals surface area contributed by atoms with E-state index in [1.54, 1.807) is 0 Å².